The van der Waals surface area contributed by atoms with Crippen LogP contribution in [0.3, 0.4) is 0 Å². The number of aryl methyl sites for hydroxylation is 3. The minimum atomic E-state index is 0.534. The Labute approximate surface area is 169 Å². The maximum absolute atomic E-state index is 5.59. The maximum Gasteiger partial charge on any atom is 0.258 e. The molecule has 2 heterocycles. The Balaban J connectivity index is 1.51. The lowest BCUT2D eigenvalue weighted by Crippen LogP contribution is -1.88. The lowest BCUT2D eigenvalue weighted by atomic mass is 9.95. The van der Waals surface area contributed by atoms with Gasteiger partial charge in [-0.15, -0.1) is 0 Å². The van der Waals surface area contributed by atoms with Crippen molar-refractivity contribution in [3.8, 4) is 34.0 Å². The highest BCUT2D eigenvalue weighted by Gasteiger charge is 2.13. The van der Waals surface area contributed by atoms with E-state index in [9.17, 15) is 0 Å². The van der Waals surface area contributed by atoms with Crippen LogP contribution in [0.4, 0.5) is 0 Å². The molecule has 2 aromatic heterocycles. The van der Waals surface area contributed by atoms with Crippen LogP contribution in [-0.4, -0.2) is 14.7 Å². The lowest BCUT2D eigenvalue weighted by Gasteiger charge is -2.10. The summed E-state index contributed by atoms with van der Waals surface area (Å²) in [5.74, 6) is 1.13. The molecule has 0 unspecified atom stereocenters. The average Bonchev–Trinajstić information content (AvgIpc) is 3.36. The Kier molecular flexibility index (Phi) is 4.06. The highest BCUT2D eigenvalue weighted by atomic mass is 16.5. The van der Waals surface area contributed by atoms with E-state index in [4.69, 9.17) is 4.52 Å². The minimum Gasteiger partial charge on any atom is -0.351 e. The molecule has 0 bridgehead atoms. The second-order valence-electron chi connectivity index (χ2n) is 7.47. The number of hydrogen-bond acceptors (Lipinski definition) is 3. The van der Waals surface area contributed by atoms with Gasteiger partial charge < -0.3 is 9.09 Å². The molecule has 5 aromatic rings. The number of aromatic nitrogens is 3. The van der Waals surface area contributed by atoms with Crippen molar-refractivity contribution in [2.75, 3.05) is 0 Å². The topological polar surface area (TPSA) is 43.9 Å². The lowest BCUT2D eigenvalue weighted by molar-refractivity contribution is 0.432. The van der Waals surface area contributed by atoms with E-state index < -0.39 is 0 Å². The first-order valence-electron chi connectivity index (χ1n) is 9.66. The number of benzene rings is 3. The van der Waals surface area contributed by atoms with Crippen LogP contribution in [0.5, 0.6) is 0 Å². The molecule has 4 nitrogen and oxygen atoms in total. The predicted octanol–water partition coefficient (Wildman–Crippen LogP) is 6.18. The minimum absolute atomic E-state index is 0.534. The number of hydrogen-bond donors (Lipinski definition) is 0. The molecule has 0 saturated heterocycles. The van der Waals surface area contributed by atoms with E-state index in [0.29, 0.717) is 11.7 Å². The van der Waals surface area contributed by atoms with Crippen molar-refractivity contribution in [3.05, 3.63) is 84.1 Å². The largest absolute Gasteiger partial charge is 0.351 e. The molecule has 0 amide bonds. The van der Waals surface area contributed by atoms with Gasteiger partial charge >= 0.3 is 0 Å². The second-order valence-corrected chi connectivity index (χ2v) is 7.47. The summed E-state index contributed by atoms with van der Waals surface area (Å²) in [6, 6.07) is 23.0. The van der Waals surface area contributed by atoms with Gasteiger partial charge in [-0.05, 0) is 65.8 Å². The normalized spacial score (nSPS) is 11.3. The van der Waals surface area contributed by atoms with Gasteiger partial charge in [0.15, 0.2) is 0 Å². The third-order valence-electron chi connectivity index (χ3n) is 5.48. The van der Waals surface area contributed by atoms with E-state index in [1.807, 2.05) is 19.2 Å². The van der Waals surface area contributed by atoms with E-state index >= 15 is 0 Å². The number of nitrogens with zero attached hydrogens (tertiary/aromatic N) is 3. The van der Waals surface area contributed by atoms with Crippen molar-refractivity contribution >= 4 is 10.9 Å². The van der Waals surface area contributed by atoms with E-state index in [2.05, 4.69) is 89.3 Å². The highest BCUT2D eigenvalue weighted by Crippen LogP contribution is 2.31. The summed E-state index contributed by atoms with van der Waals surface area (Å²) >= 11 is 0. The Morgan fingerprint density at radius 3 is 2.41 bits per heavy atom. The van der Waals surface area contributed by atoms with E-state index in [1.54, 1.807) is 0 Å². The van der Waals surface area contributed by atoms with E-state index in [1.165, 1.54) is 27.6 Å². The van der Waals surface area contributed by atoms with E-state index in [0.717, 1.165) is 16.6 Å². The van der Waals surface area contributed by atoms with Crippen LogP contribution in [0.15, 0.2) is 77.4 Å². The molecule has 0 aliphatic heterocycles. The zero-order valence-corrected chi connectivity index (χ0v) is 16.7. The molecule has 0 fully saturated rings. The van der Waals surface area contributed by atoms with Crippen molar-refractivity contribution in [3.63, 3.8) is 0 Å². The van der Waals surface area contributed by atoms with Crippen molar-refractivity contribution in [2.45, 2.75) is 13.8 Å². The van der Waals surface area contributed by atoms with Crippen molar-refractivity contribution in [1.82, 2.24) is 14.7 Å². The van der Waals surface area contributed by atoms with Crippen molar-refractivity contribution in [1.29, 1.82) is 0 Å². The Morgan fingerprint density at radius 2 is 1.59 bits per heavy atom. The first-order chi connectivity index (χ1) is 14.1. The van der Waals surface area contributed by atoms with Gasteiger partial charge in [0.1, 0.15) is 0 Å². The molecule has 0 aliphatic carbocycles. The van der Waals surface area contributed by atoms with Crippen LogP contribution in [-0.2, 0) is 7.05 Å². The summed E-state index contributed by atoms with van der Waals surface area (Å²) in [6.07, 6.45) is 2.05. The van der Waals surface area contributed by atoms with Gasteiger partial charge in [-0.25, -0.2) is 0 Å². The molecule has 0 saturated carbocycles. The Morgan fingerprint density at radius 1 is 0.793 bits per heavy atom. The van der Waals surface area contributed by atoms with Crippen molar-refractivity contribution in [2.24, 2.45) is 7.05 Å². The first kappa shape index (κ1) is 17.4. The second kappa shape index (κ2) is 6.74. The summed E-state index contributed by atoms with van der Waals surface area (Å²) in [5, 5.41) is 5.41. The van der Waals surface area contributed by atoms with Crippen LogP contribution in [0, 0.1) is 13.8 Å². The van der Waals surface area contributed by atoms with Gasteiger partial charge in [0, 0.05) is 29.9 Å². The molecule has 0 spiro atoms. The Hall–Kier alpha value is -3.66. The highest BCUT2D eigenvalue weighted by molar-refractivity contribution is 5.84. The van der Waals surface area contributed by atoms with Crippen LogP contribution >= 0.6 is 0 Å². The van der Waals surface area contributed by atoms with Gasteiger partial charge in [-0.2, -0.15) is 4.98 Å². The van der Waals surface area contributed by atoms with Gasteiger partial charge in [0.05, 0.1) is 0 Å². The summed E-state index contributed by atoms with van der Waals surface area (Å²) in [7, 11) is 2.03. The molecule has 0 atom stereocenters. The zero-order valence-electron chi connectivity index (χ0n) is 16.7. The molecule has 0 N–H and O–H groups in total. The van der Waals surface area contributed by atoms with Crippen molar-refractivity contribution < 1.29 is 4.52 Å². The monoisotopic (exact) mass is 379 g/mol. The number of rotatable bonds is 3. The summed E-state index contributed by atoms with van der Waals surface area (Å²) in [5.41, 5.74) is 7.94. The molecule has 0 radical (unpaired) electrons. The van der Waals surface area contributed by atoms with Gasteiger partial charge in [-0.3, -0.25) is 0 Å². The van der Waals surface area contributed by atoms with Crippen LogP contribution in [0.2, 0.25) is 0 Å². The summed E-state index contributed by atoms with van der Waals surface area (Å²) < 4.78 is 7.68. The molecule has 142 valence electrons. The molecule has 5 rings (SSSR count). The SMILES string of the molecule is Cc1ccccc1-c1ccc(-c2nc(-c3ccc4ccn(C)c4c3)no2)cc1C. The van der Waals surface area contributed by atoms with Crippen LogP contribution < -0.4 is 0 Å². The van der Waals surface area contributed by atoms with Gasteiger partial charge in [-0.1, -0.05) is 47.6 Å². The molecule has 4 heteroatoms. The standard InChI is InChI=1S/C25H21N3O/c1-16-6-4-5-7-21(16)22-11-10-20(14-17(22)2)25-26-24(27-29-25)19-9-8-18-12-13-28(3)23(18)15-19/h4-15H,1-3H3. The smallest absolute Gasteiger partial charge is 0.258 e. The maximum atomic E-state index is 5.59. The van der Waals surface area contributed by atoms with Gasteiger partial charge in [0.25, 0.3) is 5.89 Å². The number of fused-ring (bicyclic) bond motifs is 1. The third kappa shape index (κ3) is 3.03. The molecule has 0 aliphatic rings. The molecular formula is C25H21N3O. The molecular weight excluding hydrogens is 358 g/mol. The van der Waals surface area contributed by atoms with Gasteiger partial charge in [0.2, 0.25) is 5.82 Å². The average molecular weight is 379 g/mol. The molecule has 29 heavy (non-hydrogen) atoms. The van der Waals surface area contributed by atoms with Crippen LogP contribution in [0.1, 0.15) is 11.1 Å². The Bertz CT molecular complexity index is 1340. The fourth-order valence-corrected chi connectivity index (χ4v) is 3.83. The molecule has 3 aromatic carbocycles. The van der Waals surface area contributed by atoms with E-state index in [-0.39, 0.29) is 0 Å². The fourth-order valence-electron chi connectivity index (χ4n) is 3.83. The predicted molar refractivity (Wildman–Crippen MR) is 117 cm³/mol. The third-order valence-corrected chi connectivity index (χ3v) is 5.48. The quantitative estimate of drug-likeness (QED) is 0.376. The summed E-state index contributed by atoms with van der Waals surface area (Å²) in [4.78, 5) is 4.65. The zero-order chi connectivity index (χ0) is 20.0. The fraction of sp³-hybridized carbons (Fsp3) is 0.120. The summed E-state index contributed by atoms with van der Waals surface area (Å²) in [6.45, 7) is 4.25. The van der Waals surface area contributed by atoms with Crippen LogP contribution in [0.25, 0.3) is 44.9 Å². The first-order valence-corrected chi connectivity index (χ1v) is 9.66.